The van der Waals surface area contributed by atoms with Crippen molar-refractivity contribution >= 4 is 11.6 Å². The van der Waals surface area contributed by atoms with Crippen molar-refractivity contribution in [2.24, 2.45) is 0 Å². The summed E-state index contributed by atoms with van der Waals surface area (Å²) in [5, 5.41) is 6.53. The Hall–Kier alpha value is -3.16. The van der Waals surface area contributed by atoms with Gasteiger partial charge in [-0.05, 0) is 55.7 Å². The number of anilines is 1. The van der Waals surface area contributed by atoms with Crippen LogP contribution in [0.5, 0.6) is 0 Å². The maximum Gasteiger partial charge on any atom is 0.276 e. The van der Waals surface area contributed by atoms with E-state index in [-0.39, 0.29) is 5.69 Å². The molecular weight excluding hydrogens is 362 g/mol. The van der Waals surface area contributed by atoms with Crippen LogP contribution >= 0.6 is 0 Å². The maximum absolute atomic E-state index is 13.8. The fraction of sp³-hybridized carbons (Fsp3) is 0.158. The highest BCUT2D eigenvalue weighted by Crippen LogP contribution is 2.29. The van der Waals surface area contributed by atoms with Crippen molar-refractivity contribution in [3.05, 3.63) is 76.6 Å². The van der Waals surface area contributed by atoms with E-state index >= 15 is 0 Å². The van der Waals surface area contributed by atoms with Crippen molar-refractivity contribution in [3.63, 3.8) is 0 Å². The van der Waals surface area contributed by atoms with Gasteiger partial charge >= 0.3 is 0 Å². The number of hydrogen-bond acceptors (Lipinski definition) is 2. The van der Waals surface area contributed by atoms with Gasteiger partial charge in [-0.1, -0.05) is 0 Å². The molecule has 1 heterocycles. The molecule has 1 aliphatic carbocycles. The van der Waals surface area contributed by atoms with Crippen LogP contribution in [0.15, 0.2) is 36.4 Å². The lowest BCUT2D eigenvalue weighted by Gasteiger charge is -2.07. The Morgan fingerprint density at radius 1 is 0.963 bits per heavy atom. The van der Waals surface area contributed by atoms with E-state index < -0.39 is 34.9 Å². The maximum atomic E-state index is 13.8. The number of rotatable bonds is 3. The third-order valence-electron chi connectivity index (χ3n) is 4.50. The van der Waals surface area contributed by atoms with Crippen LogP contribution in [0.2, 0.25) is 0 Å². The van der Waals surface area contributed by atoms with Gasteiger partial charge in [0.25, 0.3) is 5.91 Å². The van der Waals surface area contributed by atoms with Crippen molar-refractivity contribution in [1.29, 1.82) is 0 Å². The predicted octanol–water partition coefficient (Wildman–Crippen LogP) is 4.17. The van der Waals surface area contributed by atoms with Crippen LogP contribution in [-0.2, 0) is 12.8 Å². The third kappa shape index (κ3) is 2.97. The molecular formula is C19H13F4N3O. The van der Waals surface area contributed by atoms with Gasteiger partial charge in [0.1, 0.15) is 5.82 Å². The number of aromatic nitrogens is 2. The topological polar surface area (TPSA) is 46.9 Å². The average molecular weight is 375 g/mol. The van der Waals surface area contributed by atoms with E-state index in [1.807, 2.05) is 0 Å². The van der Waals surface area contributed by atoms with Gasteiger partial charge in [0.05, 0.1) is 11.4 Å². The molecule has 0 atom stereocenters. The van der Waals surface area contributed by atoms with Gasteiger partial charge in [-0.25, -0.2) is 22.2 Å². The molecule has 0 spiro atoms. The number of amides is 1. The van der Waals surface area contributed by atoms with Gasteiger partial charge in [0, 0.05) is 11.3 Å². The van der Waals surface area contributed by atoms with Crippen molar-refractivity contribution in [2.45, 2.75) is 19.3 Å². The fourth-order valence-electron chi connectivity index (χ4n) is 3.22. The molecule has 1 amide bonds. The first-order valence-corrected chi connectivity index (χ1v) is 8.27. The molecule has 1 N–H and O–H groups in total. The zero-order valence-corrected chi connectivity index (χ0v) is 13.9. The summed E-state index contributed by atoms with van der Waals surface area (Å²) in [5.74, 6) is -5.59. The molecule has 0 bridgehead atoms. The Bertz CT molecular complexity index is 1040. The average Bonchev–Trinajstić information content (AvgIpc) is 3.25. The van der Waals surface area contributed by atoms with Crippen LogP contribution in [0.25, 0.3) is 5.69 Å². The molecule has 0 fully saturated rings. The van der Waals surface area contributed by atoms with Crippen LogP contribution in [0.3, 0.4) is 0 Å². The van der Waals surface area contributed by atoms with Crippen molar-refractivity contribution < 1.29 is 22.4 Å². The molecule has 138 valence electrons. The van der Waals surface area contributed by atoms with E-state index in [9.17, 15) is 22.4 Å². The van der Waals surface area contributed by atoms with Crippen molar-refractivity contribution in [2.75, 3.05) is 5.32 Å². The Kier molecular flexibility index (Phi) is 4.18. The third-order valence-corrected chi connectivity index (χ3v) is 4.50. The molecule has 0 saturated carbocycles. The standard InChI is InChI=1S/C19H13F4N3O/c20-10-4-6-11(7-5-10)26-15-3-1-2-12(15)18(25-26)19(27)24-14-9-8-13(21)16(22)17(14)23/h4-9H,1-3H2,(H,24,27). The van der Waals surface area contributed by atoms with Gasteiger partial charge in [-0.15, -0.1) is 0 Å². The highest BCUT2D eigenvalue weighted by molar-refractivity contribution is 6.04. The SMILES string of the molecule is O=C(Nc1ccc(F)c(F)c1F)c1nn(-c2ccc(F)cc2)c2c1CCC2. The number of carbonyl (C=O) groups excluding carboxylic acids is 1. The second kappa shape index (κ2) is 6.53. The summed E-state index contributed by atoms with van der Waals surface area (Å²) in [6, 6.07) is 7.33. The summed E-state index contributed by atoms with van der Waals surface area (Å²) in [7, 11) is 0. The molecule has 27 heavy (non-hydrogen) atoms. The predicted molar refractivity (Wildman–Crippen MR) is 89.8 cm³/mol. The van der Waals surface area contributed by atoms with Gasteiger partial charge in [-0.3, -0.25) is 4.79 Å². The normalized spacial score (nSPS) is 12.9. The van der Waals surface area contributed by atoms with Crippen LogP contribution < -0.4 is 5.32 Å². The van der Waals surface area contributed by atoms with E-state index in [1.165, 1.54) is 24.3 Å². The van der Waals surface area contributed by atoms with Crippen LogP contribution in [-0.4, -0.2) is 15.7 Å². The Balaban J connectivity index is 1.70. The first-order valence-electron chi connectivity index (χ1n) is 8.27. The summed E-state index contributed by atoms with van der Waals surface area (Å²) in [6.45, 7) is 0. The Labute approximate surface area is 151 Å². The van der Waals surface area contributed by atoms with E-state index in [2.05, 4.69) is 10.4 Å². The first-order chi connectivity index (χ1) is 13.0. The Morgan fingerprint density at radius 2 is 1.70 bits per heavy atom. The molecule has 4 nitrogen and oxygen atoms in total. The highest BCUT2D eigenvalue weighted by Gasteiger charge is 2.28. The summed E-state index contributed by atoms with van der Waals surface area (Å²) in [5.41, 5.74) is 1.72. The summed E-state index contributed by atoms with van der Waals surface area (Å²) >= 11 is 0. The van der Waals surface area contributed by atoms with E-state index in [1.54, 1.807) is 4.68 Å². The highest BCUT2D eigenvalue weighted by atomic mass is 19.2. The number of fused-ring (bicyclic) bond motifs is 1. The first kappa shape index (κ1) is 17.3. The molecule has 1 aromatic heterocycles. The van der Waals surface area contributed by atoms with Gasteiger partial charge in [0.15, 0.2) is 23.1 Å². The number of carbonyl (C=O) groups is 1. The quantitative estimate of drug-likeness (QED) is 0.552. The fourth-order valence-corrected chi connectivity index (χ4v) is 3.22. The largest absolute Gasteiger partial charge is 0.318 e. The molecule has 2 aromatic carbocycles. The van der Waals surface area contributed by atoms with Crippen LogP contribution in [0.1, 0.15) is 28.2 Å². The Morgan fingerprint density at radius 3 is 2.44 bits per heavy atom. The summed E-state index contributed by atoms with van der Waals surface area (Å²) in [4.78, 5) is 12.6. The molecule has 3 aromatic rings. The van der Waals surface area contributed by atoms with Gasteiger partial charge in [-0.2, -0.15) is 5.10 Å². The second-order valence-corrected chi connectivity index (χ2v) is 6.19. The molecule has 1 aliphatic rings. The number of halogens is 4. The molecule has 0 aliphatic heterocycles. The number of nitrogens with one attached hydrogen (secondary N) is 1. The molecule has 4 rings (SSSR count). The van der Waals surface area contributed by atoms with Crippen molar-refractivity contribution in [1.82, 2.24) is 9.78 Å². The zero-order valence-electron chi connectivity index (χ0n) is 13.9. The van der Waals surface area contributed by atoms with Crippen LogP contribution in [0.4, 0.5) is 23.2 Å². The van der Waals surface area contributed by atoms with Crippen LogP contribution in [0, 0.1) is 23.3 Å². The number of benzene rings is 2. The monoisotopic (exact) mass is 375 g/mol. The molecule has 0 saturated heterocycles. The minimum absolute atomic E-state index is 0.0796. The van der Waals surface area contributed by atoms with E-state index in [0.29, 0.717) is 24.1 Å². The lowest BCUT2D eigenvalue weighted by molar-refractivity contribution is 0.102. The smallest absolute Gasteiger partial charge is 0.276 e. The zero-order chi connectivity index (χ0) is 19.1. The lowest BCUT2D eigenvalue weighted by atomic mass is 10.2. The van der Waals surface area contributed by atoms with Gasteiger partial charge in [0.2, 0.25) is 0 Å². The number of hydrogen-bond donors (Lipinski definition) is 1. The minimum atomic E-state index is -1.66. The molecule has 0 unspecified atom stereocenters. The van der Waals surface area contributed by atoms with Gasteiger partial charge < -0.3 is 5.32 Å². The van der Waals surface area contributed by atoms with Crippen molar-refractivity contribution in [3.8, 4) is 5.69 Å². The molecule has 8 heteroatoms. The van der Waals surface area contributed by atoms with E-state index in [0.717, 1.165) is 24.2 Å². The second-order valence-electron chi connectivity index (χ2n) is 6.19. The summed E-state index contributed by atoms with van der Waals surface area (Å²) in [6.07, 6.45) is 2.11. The van der Waals surface area contributed by atoms with E-state index in [4.69, 9.17) is 0 Å². The number of nitrogens with zero attached hydrogens (tertiary/aromatic N) is 2. The molecule has 0 radical (unpaired) electrons. The minimum Gasteiger partial charge on any atom is -0.318 e. The lowest BCUT2D eigenvalue weighted by Crippen LogP contribution is -2.16. The summed E-state index contributed by atoms with van der Waals surface area (Å²) < 4.78 is 55.0.